The third-order valence-corrected chi connectivity index (χ3v) is 1.45. The molecule has 0 saturated carbocycles. The van der Waals surface area contributed by atoms with Gasteiger partial charge in [-0.15, -0.1) is 0 Å². The Morgan fingerprint density at radius 2 is 2.23 bits per heavy atom. The molecule has 0 aromatic rings. The van der Waals surface area contributed by atoms with Crippen molar-refractivity contribution in [3.8, 4) is 0 Å². The third-order valence-electron chi connectivity index (χ3n) is 1.45. The van der Waals surface area contributed by atoms with Crippen LogP contribution in [0.1, 0.15) is 20.8 Å². The molecule has 0 N–H and O–H groups in total. The van der Waals surface area contributed by atoms with Crippen molar-refractivity contribution in [3.63, 3.8) is 0 Å². The number of nitrogens with zero attached hydrogens (tertiary/aromatic N) is 2. The predicted octanol–water partition coefficient (Wildman–Crippen LogP) is 0.918. The van der Waals surface area contributed by atoms with Crippen LogP contribution < -0.4 is 0 Å². The maximum atomic E-state index is 10.1. The van der Waals surface area contributed by atoms with Gasteiger partial charge in [-0.05, 0) is 20.8 Å². The fraction of sp³-hybridized carbons (Fsp3) is 0.778. The molecular formula is C9H18N2O2. The highest BCUT2D eigenvalue weighted by Gasteiger charge is 2.05. The number of ether oxygens (including phenoxy) is 1. The standard InChI is InChI=1S/C9H18N2O2/c1-5-11(4)9(10-8(2)3)13-7-6-12/h6,8H,5,7H2,1-4H3. The van der Waals surface area contributed by atoms with Gasteiger partial charge in [-0.1, -0.05) is 0 Å². The normalized spacial score (nSPS) is 11.6. The summed E-state index contributed by atoms with van der Waals surface area (Å²) in [5.41, 5.74) is 0. The third kappa shape index (κ3) is 5.22. The highest BCUT2D eigenvalue weighted by Crippen LogP contribution is 1.95. The van der Waals surface area contributed by atoms with Crippen molar-refractivity contribution in [3.05, 3.63) is 0 Å². The van der Waals surface area contributed by atoms with Crippen molar-refractivity contribution in [1.82, 2.24) is 4.90 Å². The zero-order chi connectivity index (χ0) is 10.3. The van der Waals surface area contributed by atoms with E-state index in [-0.39, 0.29) is 12.6 Å². The molecule has 0 aliphatic heterocycles. The van der Waals surface area contributed by atoms with Crippen LogP contribution in [0.15, 0.2) is 4.99 Å². The number of carbonyl (C=O) groups excluding carboxylic acids is 1. The maximum absolute atomic E-state index is 10.1. The lowest BCUT2D eigenvalue weighted by molar-refractivity contribution is -0.110. The Morgan fingerprint density at radius 1 is 1.62 bits per heavy atom. The number of carbonyl (C=O) groups is 1. The van der Waals surface area contributed by atoms with Gasteiger partial charge in [-0.3, -0.25) is 4.79 Å². The summed E-state index contributed by atoms with van der Waals surface area (Å²) in [6.45, 7) is 6.81. The van der Waals surface area contributed by atoms with Gasteiger partial charge in [0.1, 0.15) is 6.61 Å². The Morgan fingerprint density at radius 3 is 2.62 bits per heavy atom. The average molecular weight is 186 g/mol. The van der Waals surface area contributed by atoms with Crippen LogP contribution >= 0.6 is 0 Å². The summed E-state index contributed by atoms with van der Waals surface area (Å²) in [4.78, 5) is 16.2. The molecule has 76 valence electrons. The van der Waals surface area contributed by atoms with E-state index < -0.39 is 0 Å². The van der Waals surface area contributed by atoms with E-state index in [9.17, 15) is 4.79 Å². The molecule has 0 aliphatic rings. The zero-order valence-electron chi connectivity index (χ0n) is 8.78. The lowest BCUT2D eigenvalue weighted by atomic mass is 10.4. The molecule has 0 fully saturated rings. The van der Waals surface area contributed by atoms with E-state index in [0.29, 0.717) is 6.02 Å². The molecule has 0 radical (unpaired) electrons. The van der Waals surface area contributed by atoms with Crippen molar-refractivity contribution < 1.29 is 9.53 Å². The van der Waals surface area contributed by atoms with Crippen LogP contribution in [-0.4, -0.2) is 43.4 Å². The van der Waals surface area contributed by atoms with Gasteiger partial charge < -0.3 is 9.64 Å². The zero-order valence-corrected chi connectivity index (χ0v) is 8.78. The van der Waals surface area contributed by atoms with E-state index in [1.54, 1.807) is 0 Å². The van der Waals surface area contributed by atoms with Crippen LogP contribution in [0.25, 0.3) is 0 Å². The van der Waals surface area contributed by atoms with Crippen molar-refractivity contribution in [2.24, 2.45) is 4.99 Å². The van der Waals surface area contributed by atoms with E-state index >= 15 is 0 Å². The number of hydrogen-bond acceptors (Lipinski definition) is 3. The summed E-state index contributed by atoms with van der Waals surface area (Å²) >= 11 is 0. The second kappa shape index (κ2) is 6.46. The first-order valence-electron chi connectivity index (χ1n) is 4.47. The minimum absolute atomic E-state index is 0.0654. The Kier molecular flexibility index (Phi) is 5.93. The van der Waals surface area contributed by atoms with Crippen LogP contribution in [0.4, 0.5) is 0 Å². The van der Waals surface area contributed by atoms with Gasteiger partial charge in [0, 0.05) is 19.6 Å². The smallest absolute Gasteiger partial charge is 0.287 e. The van der Waals surface area contributed by atoms with Gasteiger partial charge in [0.15, 0.2) is 6.29 Å². The molecule has 0 amide bonds. The first-order chi connectivity index (χ1) is 6.11. The molecule has 0 saturated heterocycles. The number of aliphatic imine (C=N–C) groups is 1. The summed E-state index contributed by atoms with van der Waals surface area (Å²) in [5.74, 6) is 0. The molecule has 0 aliphatic carbocycles. The average Bonchev–Trinajstić information content (AvgIpc) is 2.10. The van der Waals surface area contributed by atoms with Crippen molar-refractivity contribution >= 4 is 12.3 Å². The van der Waals surface area contributed by atoms with Crippen LogP contribution in [0.2, 0.25) is 0 Å². The molecule has 4 nitrogen and oxygen atoms in total. The quantitative estimate of drug-likeness (QED) is 0.372. The topological polar surface area (TPSA) is 41.9 Å². The van der Waals surface area contributed by atoms with Crippen molar-refractivity contribution in [2.45, 2.75) is 26.8 Å². The van der Waals surface area contributed by atoms with Gasteiger partial charge in [-0.25, -0.2) is 4.99 Å². The molecule has 0 atom stereocenters. The van der Waals surface area contributed by atoms with Gasteiger partial charge in [-0.2, -0.15) is 0 Å². The first kappa shape index (κ1) is 11.9. The van der Waals surface area contributed by atoms with E-state index in [1.165, 1.54) is 0 Å². The molecule has 4 heteroatoms. The molecule has 13 heavy (non-hydrogen) atoms. The number of aldehydes is 1. The number of amidine groups is 1. The highest BCUT2D eigenvalue weighted by atomic mass is 16.5. The molecule has 0 aromatic carbocycles. The summed E-state index contributed by atoms with van der Waals surface area (Å²) in [6, 6.07) is 0.709. The van der Waals surface area contributed by atoms with Crippen LogP contribution in [-0.2, 0) is 9.53 Å². The van der Waals surface area contributed by atoms with Gasteiger partial charge >= 0.3 is 0 Å². The highest BCUT2D eigenvalue weighted by molar-refractivity contribution is 5.75. The predicted molar refractivity (Wildman–Crippen MR) is 52.9 cm³/mol. The monoisotopic (exact) mass is 186 g/mol. The molecule has 0 spiro atoms. The minimum Gasteiger partial charge on any atom is -0.457 e. The lowest BCUT2D eigenvalue weighted by Gasteiger charge is -2.19. The Hall–Kier alpha value is -1.06. The van der Waals surface area contributed by atoms with Gasteiger partial charge in [0.25, 0.3) is 6.02 Å². The van der Waals surface area contributed by atoms with Crippen LogP contribution in [0.5, 0.6) is 0 Å². The molecular weight excluding hydrogens is 168 g/mol. The first-order valence-corrected chi connectivity index (χ1v) is 4.47. The Labute approximate surface area is 79.6 Å². The molecule has 0 unspecified atom stereocenters. The summed E-state index contributed by atoms with van der Waals surface area (Å²) in [7, 11) is 1.88. The minimum atomic E-state index is 0.0654. The SMILES string of the molecule is CCN(C)C(=NC(C)C)OCC=O. The van der Waals surface area contributed by atoms with Crippen molar-refractivity contribution in [2.75, 3.05) is 20.2 Å². The van der Waals surface area contributed by atoms with Crippen molar-refractivity contribution in [1.29, 1.82) is 0 Å². The fourth-order valence-electron chi connectivity index (χ4n) is 0.711. The van der Waals surface area contributed by atoms with E-state index in [1.807, 2.05) is 32.7 Å². The van der Waals surface area contributed by atoms with Gasteiger partial charge in [0.05, 0.1) is 0 Å². The Balaban J connectivity index is 4.26. The summed E-state index contributed by atoms with van der Waals surface area (Å²) in [6.07, 6.45) is 0.722. The van der Waals surface area contributed by atoms with E-state index in [0.717, 1.165) is 12.8 Å². The maximum Gasteiger partial charge on any atom is 0.287 e. The van der Waals surface area contributed by atoms with Gasteiger partial charge in [0.2, 0.25) is 0 Å². The van der Waals surface area contributed by atoms with E-state index in [4.69, 9.17) is 4.74 Å². The molecule has 0 bridgehead atoms. The van der Waals surface area contributed by atoms with Crippen LogP contribution in [0.3, 0.4) is 0 Å². The Bertz CT molecular complexity index is 178. The summed E-state index contributed by atoms with van der Waals surface area (Å²) < 4.78 is 5.16. The lowest BCUT2D eigenvalue weighted by Crippen LogP contribution is -2.30. The largest absolute Gasteiger partial charge is 0.457 e. The number of hydrogen-bond donors (Lipinski definition) is 0. The number of rotatable bonds is 4. The molecule has 0 aromatic heterocycles. The van der Waals surface area contributed by atoms with E-state index in [2.05, 4.69) is 4.99 Å². The second-order valence-electron chi connectivity index (χ2n) is 3.00. The van der Waals surface area contributed by atoms with Crippen LogP contribution in [0, 0.1) is 0 Å². The fourth-order valence-corrected chi connectivity index (χ4v) is 0.711. The molecule has 0 heterocycles. The molecule has 0 rings (SSSR count). The summed E-state index contributed by atoms with van der Waals surface area (Å²) in [5, 5.41) is 0. The second-order valence-corrected chi connectivity index (χ2v) is 3.00.